The quantitative estimate of drug-likeness (QED) is 0.679. The molecule has 3 atom stereocenters. The Morgan fingerprint density at radius 1 is 1.14 bits per heavy atom. The van der Waals surface area contributed by atoms with Gasteiger partial charge in [-0.3, -0.25) is 9.59 Å². The molecule has 1 rings (SSSR count). The molecule has 0 bridgehead atoms. The van der Waals surface area contributed by atoms with Crippen molar-refractivity contribution in [3.63, 3.8) is 0 Å². The van der Waals surface area contributed by atoms with Gasteiger partial charge in [-0.05, 0) is 25.2 Å². The number of methoxy groups -OCH3 is 1. The number of hydrogen-bond acceptors (Lipinski definition) is 4. The minimum atomic E-state index is -0.657. The van der Waals surface area contributed by atoms with Gasteiger partial charge >= 0.3 is 6.09 Å². The van der Waals surface area contributed by atoms with Crippen LogP contribution < -0.4 is 16.0 Å². The summed E-state index contributed by atoms with van der Waals surface area (Å²) in [6.07, 6.45) is 2.43. The van der Waals surface area contributed by atoms with Crippen molar-refractivity contribution in [3.8, 4) is 0 Å². The first-order valence-electron chi connectivity index (χ1n) is 7.83. The molecule has 3 unspecified atom stereocenters. The van der Waals surface area contributed by atoms with Gasteiger partial charge in [0.2, 0.25) is 11.8 Å². The maximum atomic E-state index is 12.4. The van der Waals surface area contributed by atoms with Gasteiger partial charge in [0.05, 0.1) is 7.11 Å². The van der Waals surface area contributed by atoms with Crippen molar-refractivity contribution in [2.75, 3.05) is 7.11 Å². The van der Waals surface area contributed by atoms with Crippen molar-refractivity contribution in [1.29, 1.82) is 0 Å². The summed E-state index contributed by atoms with van der Waals surface area (Å²) in [5, 5.41) is 8.43. The average molecular weight is 313 g/mol. The van der Waals surface area contributed by atoms with Crippen LogP contribution in [0.4, 0.5) is 4.79 Å². The third kappa shape index (κ3) is 5.20. The van der Waals surface area contributed by atoms with Gasteiger partial charge in [-0.2, -0.15) is 0 Å². The van der Waals surface area contributed by atoms with Crippen LogP contribution in [0.3, 0.4) is 0 Å². The van der Waals surface area contributed by atoms with Gasteiger partial charge in [0.25, 0.3) is 0 Å². The zero-order valence-electron chi connectivity index (χ0n) is 13.8. The number of rotatable bonds is 6. The number of amides is 3. The van der Waals surface area contributed by atoms with E-state index in [0.29, 0.717) is 6.42 Å². The largest absolute Gasteiger partial charge is 0.453 e. The standard InChI is InChI=1S/C15H27N3O4/c1-5-12(19)16-10-7-6-8-11(10)17-14(20)13(9(2)3)18-15(21)22-4/h9-11,13H,5-8H2,1-4H3,(H,16,19)(H,17,20)(H,18,21). The summed E-state index contributed by atoms with van der Waals surface area (Å²) in [4.78, 5) is 35.3. The fraction of sp³-hybridized carbons (Fsp3) is 0.800. The van der Waals surface area contributed by atoms with E-state index in [4.69, 9.17) is 0 Å². The summed E-state index contributed by atoms with van der Waals surface area (Å²) in [5.41, 5.74) is 0. The molecule has 7 heteroatoms. The lowest BCUT2D eigenvalue weighted by Gasteiger charge is -2.26. The predicted molar refractivity (Wildman–Crippen MR) is 82.2 cm³/mol. The van der Waals surface area contributed by atoms with E-state index in [-0.39, 0.29) is 29.8 Å². The van der Waals surface area contributed by atoms with Gasteiger partial charge in [-0.15, -0.1) is 0 Å². The fourth-order valence-corrected chi connectivity index (χ4v) is 2.61. The molecule has 0 aromatic rings. The average Bonchev–Trinajstić information content (AvgIpc) is 2.90. The Labute approximate surface area is 131 Å². The van der Waals surface area contributed by atoms with E-state index in [1.165, 1.54) is 7.11 Å². The van der Waals surface area contributed by atoms with Crippen LogP contribution in [0, 0.1) is 5.92 Å². The highest BCUT2D eigenvalue weighted by molar-refractivity contribution is 5.86. The monoisotopic (exact) mass is 313 g/mol. The molecule has 0 spiro atoms. The third-order valence-corrected chi connectivity index (χ3v) is 3.92. The highest BCUT2D eigenvalue weighted by Gasteiger charge is 2.32. The lowest BCUT2D eigenvalue weighted by atomic mass is 10.0. The predicted octanol–water partition coefficient (Wildman–Crippen LogP) is 0.930. The van der Waals surface area contributed by atoms with Crippen LogP contribution >= 0.6 is 0 Å². The van der Waals surface area contributed by atoms with Crippen LogP contribution in [-0.2, 0) is 14.3 Å². The Hall–Kier alpha value is -1.79. The second-order valence-electron chi connectivity index (χ2n) is 5.93. The van der Waals surface area contributed by atoms with Crippen molar-refractivity contribution in [1.82, 2.24) is 16.0 Å². The van der Waals surface area contributed by atoms with E-state index in [2.05, 4.69) is 20.7 Å². The lowest BCUT2D eigenvalue weighted by Crippen LogP contribution is -2.55. The van der Waals surface area contributed by atoms with Gasteiger partial charge in [0, 0.05) is 18.5 Å². The van der Waals surface area contributed by atoms with E-state index in [9.17, 15) is 14.4 Å². The molecule has 3 amide bonds. The van der Waals surface area contributed by atoms with Gasteiger partial charge < -0.3 is 20.7 Å². The van der Waals surface area contributed by atoms with Crippen molar-refractivity contribution in [2.45, 2.75) is 64.6 Å². The molecule has 7 nitrogen and oxygen atoms in total. The summed E-state index contributed by atoms with van der Waals surface area (Å²) >= 11 is 0. The Balaban J connectivity index is 2.63. The van der Waals surface area contributed by atoms with Crippen LogP contribution in [0.15, 0.2) is 0 Å². The maximum Gasteiger partial charge on any atom is 0.407 e. The summed E-state index contributed by atoms with van der Waals surface area (Å²) in [7, 11) is 1.26. The Kier molecular flexibility index (Phi) is 7.14. The molecule has 0 heterocycles. The molecule has 0 saturated heterocycles. The number of carbonyl (C=O) groups is 3. The van der Waals surface area contributed by atoms with Gasteiger partial charge in [0.15, 0.2) is 0 Å². The molecule has 0 aliphatic heterocycles. The molecule has 1 fully saturated rings. The Bertz CT molecular complexity index is 412. The molecule has 1 saturated carbocycles. The number of carbonyl (C=O) groups excluding carboxylic acids is 3. The number of ether oxygens (including phenoxy) is 1. The van der Waals surface area contributed by atoms with E-state index in [1.54, 1.807) is 6.92 Å². The summed E-state index contributed by atoms with van der Waals surface area (Å²) in [6, 6.07) is -0.790. The molecular formula is C15H27N3O4. The normalized spacial score (nSPS) is 22.0. The van der Waals surface area contributed by atoms with E-state index in [0.717, 1.165) is 19.3 Å². The molecule has 3 N–H and O–H groups in total. The van der Waals surface area contributed by atoms with Crippen LogP contribution in [0.25, 0.3) is 0 Å². The molecular weight excluding hydrogens is 286 g/mol. The van der Waals surface area contributed by atoms with Gasteiger partial charge in [0.1, 0.15) is 6.04 Å². The number of nitrogens with one attached hydrogen (secondary N) is 3. The van der Waals surface area contributed by atoms with E-state index in [1.807, 2.05) is 13.8 Å². The molecule has 126 valence electrons. The zero-order valence-corrected chi connectivity index (χ0v) is 13.8. The maximum absolute atomic E-state index is 12.4. The van der Waals surface area contributed by atoms with Crippen LogP contribution in [0.1, 0.15) is 46.5 Å². The summed E-state index contributed by atoms with van der Waals surface area (Å²) < 4.78 is 4.55. The van der Waals surface area contributed by atoms with Crippen molar-refractivity contribution in [2.24, 2.45) is 5.92 Å². The minimum absolute atomic E-state index is 0.0146. The first-order chi connectivity index (χ1) is 10.4. The first-order valence-corrected chi connectivity index (χ1v) is 7.83. The van der Waals surface area contributed by atoms with Crippen LogP contribution in [0.5, 0.6) is 0 Å². The van der Waals surface area contributed by atoms with Crippen molar-refractivity contribution >= 4 is 17.9 Å². The van der Waals surface area contributed by atoms with E-state index < -0.39 is 12.1 Å². The SMILES string of the molecule is CCC(=O)NC1CCCC1NC(=O)C(NC(=O)OC)C(C)C. The summed E-state index contributed by atoms with van der Waals surface area (Å²) in [6.45, 7) is 5.50. The molecule has 22 heavy (non-hydrogen) atoms. The Morgan fingerprint density at radius 2 is 1.73 bits per heavy atom. The van der Waals surface area contributed by atoms with Gasteiger partial charge in [-0.1, -0.05) is 20.8 Å². The molecule has 0 radical (unpaired) electrons. The minimum Gasteiger partial charge on any atom is -0.453 e. The van der Waals surface area contributed by atoms with Gasteiger partial charge in [-0.25, -0.2) is 4.79 Å². The highest BCUT2D eigenvalue weighted by atomic mass is 16.5. The third-order valence-electron chi connectivity index (χ3n) is 3.92. The van der Waals surface area contributed by atoms with Crippen LogP contribution in [-0.4, -0.2) is 43.1 Å². The smallest absolute Gasteiger partial charge is 0.407 e. The highest BCUT2D eigenvalue weighted by Crippen LogP contribution is 2.19. The van der Waals surface area contributed by atoms with E-state index >= 15 is 0 Å². The topological polar surface area (TPSA) is 96.5 Å². The molecule has 1 aliphatic carbocycles. The molecule has 1 aliphatic rings. The number of hydrogen-bond donors (Lipinski definition) is 3. The Morgan fingerprint density at radius 3 is 2.23 bits per heavy atom. The molecule has 0 aromatic heterocycles. The zero-order chi connectivity index (χ0) is 16.7. The summed E-state index contributed by atoms with van der Waals surface area (Å²) in [5.74, 6) is -0.327. The van der Waals surface area contributed by atoms with Crippen molar-refractivity contribution in [3.05, 3.63) is 0 Å². The first kappa shape index (κ1) is 18.3. The second kappa shape index (κ2) is 8.60. The molecule has 0 aromatic carbocycles. The fourth-order valence-electron chi connectivity index (χ4n) is 2.61. The lowest BCUT2D eigenvalue weighted by molar-refractivity contribution is -0.126. The number of alkyl carbamates (subject to hydrolysis) is 1. The van der Waals surface area contributed by atoms with Crippen molar-refractivity contribution < 1.29 is 19.1 Å². The second-order valence-corrected chi connectivity index (χ2v) is 5.93. The van der Waals surface area contributed by atoms with Crippen LogP contribution in [0.2, 0.25) is 0 Å².